The van der Waals surface area contributed by atoms with Crippen LogP contribution in [0, 0.1) is 0 Å². The predicted molar refractivity (Wildman–Crippen MR) is 164 cm³/mol. The van der Waals surface area contributed by atoms with Crippen molar-refractivity contribution in [3.05, 3.63) is 112 Å². The molecule has 4 aliphatic carbocycles. The zero-order chi connectivity index (χ0) is 30.9. The molecule has 4 aliphatic rings. The number of hydrogen-bond acceptors (Lipinski definition) is 2. The molecule has 4 aromatic rings. The molecule has 8 rings (SSSR count). The lowest BCUT2D eigenvalue weighted by atomic mass is 9.90. The average Bonchev–Trinajstić information content (AvgIpc) is 2.93. The summed E-state index contributed by atoms with van der Waals surface area (Å²) in [5, 5.41) is 5.43. The van der Waals surface area contributed by atoms with Crippen LogP contribution < -0.4 is 15.5 Å². The Kier molecular flexibility index (Phi) is 8.42. The number of rotatable bonds is 4. The molecule has 0 saturated heterocycles. The minimum Gasteiger partial charge on any atom is -0.378 e. The molecule has 4 bridgehead atoms. The first-order valence-corrected chi connectivity index (χ1v) is 14.1. The van der Waals surface area contributed by atoms with E-state index in [4.69, 9.17) is 12.2 Å². The molecule has 2 N–H and O–H groups in total. The van der Waals surface area contributed by atoms with E-state index in [9.17, 15) is 26.3 Å². The van der Waals surface area contributed by atoms with Gasteiger partial charge < -0.3 is 15.5 Å². The summed E-state index contributed by atoms with van der Waals surface area (Å²) in [7, 11) is 4.02. The van der Waals surface area contributed by atoms with Gasteiger partial charge in [0, 0.05) is 31.2 Å². The summed E-state index contributed by atoms with van der Waals surface area (Å²) in [6.07, 6.45) is -7.05. The number of nitrogens with one attached hydrogen (secondary N) is 2. The Morgan fingerprint density at radius 3 is 1.91 bits per heavy atom. The Labute approximate surface area is 251 Å². The third-order valence-electron chi connectivity index (χ3n) is 7.48. The largest absolute Gasteiger partial charge is 0.416 e. The summed E-state index contributed by atoms with van der Waals surface area (Å²) in [4.78, 5) is 2.07. The Morgan fingerprint density at radius 1 is 0.674 bits per heavy atom. The van der Waals surface area contributed by atoms with Crippen molar-refractivity contribution in [1.82, 2.24) is 0 Å². The highest BCUT2D eigenvalue weighted by atomic mass is 32.1. The van der Waals surface area contributed by atoms with Crippen LogP contribution in [0.3, 0.4) is 0 Å². The van der Waals surface area contributed by atoms with Gasteiger partial charge in [0.15, 0.2) is 5.11 Å². The number of anilines is 3. The van der Waals surface area contributed by atoms with E-state index >= 15 is 0 Å². The minimum atomic E-state index is -4.95. The summed E-state index contributed by atoms with van der Waals surface area (Å²) in [6.45, 7) is 0. The summed E-state index contributed by atoms with van der Waals surface area (Å²) >= 11 is 5.34. The van der Waals surface area contributed by atoms with Crippen LogP contribution in [0.5, 0.6) is 0 Å². The fraction of sp³-hybridized carbons (Fsp3) is 0.242. The van der Waals surface area contributed by atoms with Gasteiger partial charge in [-0.25, -0.2) is 0 Å². The Morgan fingerprint density at radius 2 is 1.28 bits per heavy atom. The average molecular weight is 614 g/mol. The smallest absolute Gasteiger partial charge is 0.378 e. The van der Waals surface area contributed by atoms with Crippen LogP contribution in [0.4, 0.5) is 43.4 Å². The predicted octanol–water partition coefficient (Wildman–Crippen LogP) is 9.15. The van der Waals surface area contributed by atoms with E-state index in [1.54, 1.807) is 0 Å². The van der Waals surface area contributed by atoms with Crippen LogP contribution in [0.15, 0.2) is 78.9 Å². The molecular formula is C33H29F6N3S. The highest BCUT2D eigenvalue weighted by Gasteiger charge is 2.37. The Balaban J connectivity index is 1.39. The monoisotopic (exact) mass is 613 g/mol. The molecular weight excluding hydrogens is 584 g/mol. The van der Waals surface area contributed by atoms with Crippen molar-refractivity contribution in [3.8, 4) is 11.1 Å². The van der Waals surface area contributed by atoms with Crippen molar-refractivity contribution < 1.29 is 26.3 Å². The maximum atomic E-state index is 13.3. The van der Waals surface area contributed by atoms with Crippen LogP contribution in [0.2, 0.25) is 0 Å². The number of thiocarbonyl (C=S) groups is 1. The highest BCUT2D eigenvalue weighted by molar-refractivity contribution is 7.80. The van der Waals surface area contributed by atoms with Crippen molar-refractivity contribution in [2.24, 2.45) is 0 Å². The number of hydrogen-bond donors (Lipinski definition) is 2. The molecule has 224 valence electrons. The summed E-state index contributed by atoms with van der Waals surface area (Å²) < 4.78 is 79.9. The fourth-order valence-electron chi connectivity index (χ4n) is 5.20. The molecule has 0 saturated carbocycles. The van der Waals surface area contributed by atoms with Gasteiger partial charge in [-0.05, 0) is 108 Å². The summed E-state index contributed by atoms with van der Waals surface area (Å²) in [5.74, 6) is 0. The van der Waals surface area contributed by atoms with E-state index in [0.717, 1.165) is 47.2 Å². The third kappa shape index (κ3) is 7.30. The van der Waals surface area contributed by atoms with Crippen molar-refractivity contribution >= 4 is 34.4 Å². The van der Waals surface area contributed by atoms with Gasteiger partial charge in [-0.1, -0.05) is 42.5 Å². The highest BCUT2D eigenvalue weighted by Crippen LogP contribution is 2.38. The maximum Gasteiger partial charge on any atom is 0.416 e. The Bertz CT molecular complexity index is 1630. The zero-order valence-electron chi connectivity index (χ0n) is 23.5. The quantitative estimate of drug-likeness (QED) is 0.177. The number of benzene rings is 4. The number of aryl methyl sites for hydroxylation is 4. The number of alkyl halides is 6. The molecule has 3 nitrogen and oxygen atoms in total. The van der Waals surface area contributed by atoms with Crippen LogP contribution in [-0.2, 0) is 38.0 Å². The van der Waals surface area contributed by atoms with E-state index < -0.39 is 29.2 Å². The van der Waals surface area contributed by atoms with Crippen molar-refractivity contribution in [2.75, 3.05) is 29.6 Å². The molecule has 0 amide bonds. The first-order chi connectivity index (χ1) is 20.3. The molecule has 10 heteroatoms. The maximum absolute atomic E-state index is 13.3. The normalized spacial score (nSPS) is 13.3. The zero-order valence-corrected chi connectivity index (χ0v) is 24.3. The second-order valence-electron chi connectivity index (χ2n) is 10.8. The summed E-state index contributed by atoms with van der Waals surface area (Å²) in [6, 6.07) is 22.3. The van der Waals surface area contributed by atoms with Gasteiger partial charge in [0.05, 0.1) is 11.1 Å². The van der Waals surface area contributed by atoms with Crippen LogP contribution in [0.25, 0.3) is 11.1 Å². The fourth-order valence-corrected chi connectivity index (χ4v) is 5.43. The van der Waals surface area contributed by atoms with E-state index in [-0.39, 0.29) is 11.2 Å². The van der Waals surface area contributed by atoms with Crippen LogP contribution in [-0.4, -0.2) is 19.2 Å². The van der Waals surface area contributed by atoms with Crippen molar-refractivity contribution in [2.45, 2.75) is 38.0 Å². The van der Waals surface area contributed by atoms with E-state index in [1.165, 1.54) is 11.1 Å². The van der Waals surface area contributed by atoms with Crippen LogP contribution in [0.1, 0.15) is 33.4 Å². The molecule has 0 fully saturated rings. The lowest BCUT2D eigenvalue weighted by Gasteiger charge is -2.20. The third-order valence-corrected chi connectivity index (χ3v) is 7.69. The second kappa shape index (κ2) is 11.9. The van der Waals surface area contributed by atoms with Gasteiger partial charge in [0.1, 0.15) is 0 Å². The van der Waals surface area contributed by atoms with Gasteiger partial charge in [0.25, 0.3) is 0 Å². The molecule has 0 aliphatic heterocycles. The van der Waals surface area contributed by atoms with E-state index in [0.29, 0.717) is 24.2 Å². The lowest BCUT2D eigenvalue weighted by molar-refractivity contribution is -0.143. The topological polar surface area (TPSA) is 27.3 Å². The van der Waals surface area contributed by atoms with Gasteiger partial charge in [0.2, 0.25) is 0 Å². The second-order valence-corrected chi connectivity index (χ2v) is 11.2. The molecule has 43 heavy (non-hydrogen) atoms. The lowest BCUT2D eigenvalue weighted by Crippen LogP contribution is -2.21. The van der Waals surface area contributed by atoms with Gasteiger partial charge in [-0.15, -0.1) is 0 Å². The molecule has 0 spiro atoms. The molecule has 0 unspecified atom stereocenters. The van der Waals surface area contributed by atoms with E-state index in [1.807, 2.05) is 32.3 Å². The van der Waals surface area contributed by atoms with Crippen molar-refractivity contribution in [3.63, 3.8) is 0 Å². The molecule has 0 aromatic heterocycles. The SMILES string of the molecule is CN(C)c1cccc(-c2cc3ccc2CCc2ccc(c(NC(=S)Nc4cc(C(F)(F)F)cc(C(F)(F)F)c4)c2)CC3)c1. The number of halogens is 6. The molecule has 0 radical (unpaired) electrons. The molecule has 4 aromatic carbocycles. The summed E-state index contributed by atoms with van der Waals surface area (Å²) in [5.41, 5.74) is 5.18. The van der Waals surface area contributed by atoms with Crippen LogP contribution >= 0.6 is 12.2 Å². The van der Waals surface area contributed by atoms with Gasteiger partial charge in [-0.3, -0.25) is 0 Å². The molecule has 0 atom stereocenters. The molecule has 0 heterocycles. The first kappa shape index (κ1) is 30.4. The van der Waals surface area contributed by atoms with Gasteiger partial charge >= 0.3 is 12.4 Å². The minimum absolute atomic E-state index is 0.0872. The van der Waals surface area contributed by atoms with E-state index in [2.05, 4.69) is 58.0 Å². The standard InChI is InChI=1S/C33H29F6N3S/c1-42(2)28-5-3-4-24(16-28)29-14-20-6-10-22(29)11-7-21-9-13-23(12-8-20)30(15-21)41-31(43)40-27-18-25(32(34,35)36)17-26(19-27)33(37,38)39/h3-6,9-10,13-19H,7-8,11-12H2,1-2H3,(H2,40,41,43). The van der Waals surface area contributed by atoms with Gasteiger partial charge in [-0.2, -0.15) is 26.3 Å². The Hall–Kier alpha value is -4.05. The van der Waals surface area contributed by atoms with Crippen molar-refractivity contribution in [1.29, 1.82) is 0 Å². The number of nitrogens with zero attached hydrogens (tertiary/aromatic N) is 1. The first-order valence-electron chi connectivity index (χ1n) is 13.6.